The van der Waals surface area contributed by atoms with Gasteiger partial charge in [-0.25, -0.2) is 0 Å². The average molecular weight is 281 g/mol. The standard InChI is InChI=1S/C19H23NO/c1-13-6-7-14(2)16(10-13)12-19(20)15-4-3-5-18(11-15)21-17-8-9-17/h3-7,10-11,17,19H,8-9,12,20H2,1-2H3. The molecule has 1 saturated carbocycles. The summed E-state index contributed by atoms with van der Waals surface area (Å²) in [5.74, 6) is 0.950. The largest absolute Gasteiger partial charge is 0.490 e. The van der Waals surface area contributed by atoms with Crippen LogP contribution in [0.2, 0.25) is 0 Å². The molecule has 0 aliphatic heterocycles. The van der Waals surface area contributed by atoms with Crippen molar-refractivity contribution in [2.45, 2.75) is 45.3 Å². The smallest absolute Gasteiger partial charge is 0.120 e. The molecule has 1 unspecified atom stereocenters. The van der Waals surface area contributed by atoms with Crippen molar-refractivity contribution in [3.8, 4) is 5.75 Å². The van der Waals surface area contributed by atoms with E-state index in [2.05, 4.69) is 44.2 Å². The molecule has 2 aromatic carbocycles. The molecule has 0 aromatic heterocycles. The van der Waals surface area contributed by atoms with Crippen LogP contribution in [0.5, 0.6) is 5.75 Å². The van der Waals surface area contributed by atoms with Crippen LogP contribution in [0.25, 0.3) is 0 Å². The summed E-state index contributed by atoms with van der Waals surface area (Å²) in [5.41, 5.74) is 11.5. The first-order valence-electron chi connectivity index (χ1n) is 7.70. The SMILES string of the molecule is Cc1ccc(C)c(CC(N)c2cccc(OC3CC3)c2)c1. The summed E-state index contributed by atoms with van der Waals surface area (Å²) in [6.07, 6.45) is 3.65. The summed E-state index contributed by atoms with van der Waals surface area (Å²) >= 11 is 0. The van der Waals surface area contributed by atoms with Crippen molar-refractivity contribution in [2.75, 3.05) is 0 Å². The third kappa shape index (κ3) is 3.64. The summed E-state index contributed by atoms with van der Waals surface area (Å²) in [7, 11) is 0. The van der Waals surface area contributed by atoms with Crippen LogP contribution in [0.4, 0.5) is 0 Å². The Hall–Kier alpha value is -1.80. The van der Waals surface area contributed by atoms with E-state index in [0.29, 0.717) is 6.10 Å². The zero-order valence-electron chi connectivity index (χ0n) is 12.8. The molecule has 0 saturated heterocycles. The summed E-state index contributed by atoms with van der Waals surface area (Å²) in [5, 5.41) is 0. The van der Waals surface area contributed by atoms with E-state index in [9.17, 15) is 0 Å². The molecule has 0 amide bonds. The Labute approximate surface area is 126 Å². The topological polar surface area (TPSA) is 35.2 Å². The number of nitrogens with two attached hydrogens (primary N) is 1. The van der Waals surface area contributed by atoms with E-state index < -0.39 is 0 Å². The number of ether oxygens (including phenoxy) is 1. The zero-order valence-corrected chi connectivity index (χ0v) is 12.8. The van der Waals surface area contributed by atoms with Gasteiger partial charge in [0.15, 0.2) is 0 Å². The van der Waals surface area contributed by atoms with Crippen molar-refractivity contribution in [3.05, 3.63) is 64.7 Å². The summed E-state index contributed by atoms with van der Waals surface area (Å²) < 4.78 is 5.85. The van der Waals surface area contributed by atoms with Gasteiger partial charge in [-0.2, -0.15) is 0 Å². The van der Waals surface area contributed by atoms with Gasteiger partial charge in [0.1, 0.15) is 5.75 Å². The van der Waals surface area contributed by atoms with E-state index in [-0.39, 0.29) is 6.04 Å². The summed E-state index contributed by atoms with van der Waals surface area (Å²) in [6.45, 7) is 4.27. The third-order valence-corrected chi connectivity index (χ3v) is 4.06. The van der Waals surface area contributed by atoms with E-state index in [1.807, 2.05) is 12.1 Å². The van der Waals surface area contributed by atoms with E-state index >= 15 is 0 Å². The molecule has 1 aliphatic rings. The molecule has 1 aliphatic carbocycles. The highest BCUT2D eigenvalue weighted by atomic mass is 16.5. The van der Waals surface area contributed by atoms with Gasteiger partial charge in [-0.3, -0.25) is 0 Å². The maximum absolute atomic E-state index is 6.41. The highest BCUT2D eigenvalue weighted by molar-refractivity contribution is 5.35. The second-order valence-corrected chi connectivity index (χ2v) is 6.13. The molecular weight excluding hydrogens is 258 g/mol. The Kier molecular flexibility index (Phi) is 3.98. The van der Waals surface area contributed by atoms with Crippen LogP contribution < -0.4 is 10.5 Å². The van der Waals surface area contributed by atoms with Gasteiger partial charge in [-0.15, -0.1) is 0 Å². The number of benzene rings is 2. The Morgan fingerprint density at radius 2 is 1.95 bits per heavy atom. The minimum Gasteiger partial charge on any atom is -0.490 e. The van der Waals surface area contributed by atoms with Crippen LogP contribution in [-0.2, 0) is 6.42 Å². The molecule has 0 spiro atoms. The lowest BCUT2D eigenvalue weighted by Crippen LogP contribution is -2.14. The fourth-order valence-corrected chi connectivity index (χ4v) is 2.57. The van der Waals surface area contributed by atoms with Gasteiger partial charge >= 0.3 is 0 Å². The lowest BCUT2D eigenvalue weighted by Gasteiger charge is -2.16. The molecule has 3 rings (SSSR count). The van der Waals surface area contributed by atoms with Crippen molar-refractivity contribution in [2.24, 2.45) is 5.73 Å². The average Bonchev–Trinajstić information content (AvgIpc) is 3.27. The van der Waals surface area contributed by atoms with E-state index in [0.717, 1.165) is 17.7 Å². The molecule has 2 heteroatoms. The van der Waals surface area contributed by atoms with Crippen molar-refractivity contribution in [3.63, 3.8) is 0 Å². The summed E-state index contributed by atoms with van der Waals surface area (Å²) in [4.78, 5) is 0. The first kappa shape index (κ1) is 14.2. The molecule has 1 fully saturated rings. The molecule has 2 aromatic rings. The monoisotopic (exact) mass is 281 g/mol. The predicted molar refractivity (Wildman–Crippen MR) is 86.6 cm³/mol. The van der Waals surface area contributed by atoms with Gasteiger partial charge < -0.3 is 10.5 Å². The second kappa shape index (κ2) is 5.90. The van der Waals surface area contributed by atoms with Gasteiger partial charge in [0.25, 0.3) is 0 Å². The number of hydrogen-bond donors (Lipinski definition) is 1. The molecule has 0 radical (unpaired) electrons. The van der Waals surface area contributed by atoms with Crippen LogP contribution in [0.3, 0.4) is 0 Å². The van der Waals surface area contributed by atoms with E-state index in [4.69, 9.17) is 10.5 Å². The Bertz CT molecular complexity index is 631. The summed E-state index contributed by atoms with van der Waals surface area (Å²) in [6, 6.07) is 14.8. The third-order valence-electron chi connectivity index (χ3n) is 4.06. The van der Waals surface area contributed by atoms with Gasteiger partial charge in [0, 0.05) is 6.04 Å². The van der Waals surface area contributed by atoms with Crippen LogP contribution >= 0.6 is 0 Å². The van der Waals surface area contributed by atoms with Crippen LogP contribution in [0.1, 0.15) is 41.1 Å². The van der Waals surface area contributed by atoms with E-state index in [1.165, 1.54) is 29.5 Å². The quantitative estimate of drug-likeness (QED) is 0.896. The predicted octanol–water partition coefficient (Wildman–Crippen LogP) is 4.09. The van der Waals surface area contributed by atoms with Gasteiger partial charge in [0.05, 0.1) is 6.10 Å². The zero-order chi connectivity index (χ0) is 14.8. The highest BCUT2D eigenvalue weighted by Crippen LogP contribution is 2.28. The van der Waals surface area contributed by atoms with Crippen molar-refractivity contribution in [1.82, 2.24) is 0 Å². The van der Waals surface area contributed by atoms with Crippen molar-refractivity contribution in [1.29, 1.82) is 0 Å². The van der Waals surface area contributed by atoms with Crippen LogP contribution in [0, 0.1) is 13.8 Å². The normalized spacial score (nSPS) is 15.8. The lowest BCUT2D eigenvalue weighted by atomic mass is 9.95. The Morgan fingerprint density at radius 3 is 2.71 bits per heavy atom. The number of rotatable bonds is 5. The van der Waals surface area contributed by atoms with Gasteiger partial charge in [-0.05, 0) is 61.9 Å². The molecule has 110 valence electrons. The van der Waals surface area contributed by atoms with E-state index in [1.54, 1.807) is 0 Å². The minimum absolute atomic E-state index is 0.00764. The van der Waals surface area contributed by atoms with Crippen molar-refractivity contribution < 1.29 is 4.74 Å². The molecular formula is C19H23NO. The molecule has 2 nitrogen and oxygen atoms in total. The van der Waals surface area contributed by atoms with Crippen molar-refractivity contribution >= 4 is 0 Å². The molecule has 0 heterocycles. The van der Waals surface area contributed by atoms with Crippen LogP contribution in [-0.4, -0.2) is 6.10 Å². The maximum Gasteiger partial charge on any atom is 0.120 e. The van der Waals surface area contributed by atoms with Crippen LogP contribution in [0.15, 0.2) is 42.5 Å². The lowest BCUT2D eigenvalue weighted by molar-refractivity contribution is 0.302. The Morgan fingerprint density at radius 1 is 1.14 bits per heavy atom. The van der Waals surface area contributed by atoms with Gasteiger partial charge in [0.2, 0.25) is 0 Å². The minimum atomic E-state index is 0.00764. The first-order valence-corrected chi connectivity index (χ1v) is 7.70. The highest BCUT2D eigenvalue weighted by Gasteiger charge is 2.23. The molecule has 0 bridgehead atoms. The first-order chi connectivity index (χ1) is 10.1. The fraction of sp³-hybridized carbons (Fsp3) is 0.368. The fourth-order valence-electron chi connectivity index (χ4n) is 2.57. The molecule has 1 atom stereocenters. The number of aryl methyl sites for hydroxylation is 2. The second-order valence-electron chi connectivity index (χ2n) is 6.13. The molecule has 21 heavy (non-hydrogen) atoms. The maximum atomic E-state index is 6.41. The Balaban J connectivity index is 1.74. The van der Waals surface area contributed by atoms with Gasteiger partial charge in [-0.1, -0.05) is 35.9 Å². The molecule has 2 N–H and O–H groups in total. The number of hydrogen-bond acceptors (Lipinski definition) is 2.